The SMILES string of the molecule is CCCc1ccc(-n2ccc(=O)[nH]c2=S)cc1. The van der Waals surface area contributed by atoms with Gasteiger partial charge in [0, 0.05) is 18.0 Å². The van der Waals surface area contributed by atoms with E-state index in [9.17, 15) is 4.79 Å². The molecule has 0 saturated carbocycles. The molecular weight excluding hydrogens is 232 g/mol. The molecule has 0 radical (unpaired) electrons. The highest BCUT2D eigenvalue weighted by atomic mass is 32.1. The summed E-state index contributed by atoms with van der Waals surface area (Å²) in [5.41, 5.74) is 2.10. The van der Waals surface area contributed by atoms with E-state index >= 15 is 0 Å². The van der Waals surface area contributed by atoms with Gasteiger partial charge in [0.15, 0.2) is 4.77 Å². The normalized spacial score (nSPS) is 10.4. The predicted octanol–water partition coefficient (Wildman–Crippen LogP) is 2.85. The Bertz CT molecular complexity index is 610. The van der Waals surface area contributed by atoms with E-state index in [0.29, 0.717) is 4.77 Å². The van der Waals surface area contributed by atoms with E-state index in [1.165, 1.54) is 11.6 Å². The molecule has 0 atom stereocenters. The number of nitrogens with zero attached hydrogens (tertiary/aromatic N) is 1. The van der Waals surface area contributed by atoms with Gasteiger partial charge in [0.1, 0.15) is 0 Å². The van der Waals surface area contributed by atoms with E-state index < -0.39 is 0 Å². The van der Waals surface area contributed by atoms with Crippen LogP contribution in [0.2, 0.25) is 0 Å². The molecule has 17 heavy (non-hydrogen) atoms. The molecule has 3 nitrogen and oxygen atoms in total. The van der Waals surface area contributed by atoms with Crippen LogP contribution in [0, 0.1) is 4.77 Å². The first-order valence-corrected chi connectivity index (χ1v) is 6.03. The fourth-order valence-electron chi connectivity index (χ4n) is 1.73. The maximum absolute atomic E-state index is 11.1. The van der Waals surface area contributed by atoms with Crippen LogP contribution in [-0.4, -0.2) is 9.55 Å². The van der Waals surface area contributed by atoms with Gasteiger partial charge in [0.05, 0.1) is 0 Å². The smallest absolute Gasteiger partial charge is 0.251 e. The highest BCUT2D eigenvalue weighted by Crippen LogP contribution is 2.10. The molecule has 4 heteroatoms. The van der Waals surface area contributed by atoms with Crippen LogP contribution in [0.1, 0.15) is 18.9 Å². The molecule has 88 valence electrons. The number of nitrogens with one attached hydrogen (secondary N) is 1. The highest BCUT2D eigenvalue weighted by Gasteiger charge is 1.98. The van der Waals surface area contributed by atoms with Gasteiger partial charge in [-0.15, -0.1) is 0 Å². The minimum atomic E-state index is -0.172. The molecule has 1 aromatic carbocycles. The second kappa shape index (κ2) is 5.10. The maximum atomic E-state index is 11.1. The molecule has 2 aromatic rings. The second-order valence-corrected chi connectivity index (χ2v) is 4.28. The molecule has 0 spiro atoms. The molecule has 0 unspecified atom stereocenters. The Labute approximate surface area is 105 Å². The van der Waals surface area contributed by atoms with Crippen molar-refractivity contribution in [2.24, 2.45) is 0 Å². The fraction of sp³-hybridized carbons (Fsp3) is 0.231. The number of hydrogen-bond acceptors (Lipinski definition) is 2. The summed E-state index contributed by atoms with van der Waals surface area (Å²) < 4.78 is 2.20. The summed E-state index contributed by atoms with van der Waals surface area (Å²) in [5, 5.41) is 0. The van der Waals surface area contributed by atoms with Crippen LogP contribution in [0.25, 0.3) is 5.69 Å². The van der Waals surface area contributed by atoms with Crippen molar-refractivity contribution in [1.82, 2.24) is 9.55 Å². The van der Waals surface area contributed by atoms with Crippen LogP contribution in [0.15, 0.2) is 41.3 Å². The zero-order valence-corrected chi connectivity index (χ0v) is 10.5. The molecule has 1 heterocycles. The third kappa shape index (κ3) is 2.71. The number of aryl methyl sites for hydroxylation is 1. The molecule has 2 rings (SSSR count). The molecule has 0 aliphatic carbocycles. The lowest BCUT2D eigenvalue weighted by Gasteiger charge is -2.06. The standard InChI is InChI=1S/C13H14N2OS/c1-2-3-10-4-6-11(7-5-10)15-9-8-12(16)14-13(15)17/h4-9H,2-3H2,1H3,(H,14,16,17). The van der Waals surface area contributed by atoms with Crippen molar-refractivity contribution >= 4 is 12.2 Å². The van der Waals surface area contributed by atoms with Gasteiger partial charge in [-0.05, 0) is 36.3 Å². The van der Waals surface area contributed by atoms with Crippen molar-refractivity contribution in [1.29, 1.82) is 0 Å². The number of hydrogen-bond donors (Lipinski definition) is 1. The number of benzene rings is 1. The van der Waals surface area contributed by atoms with Crippen molar-refractivity contribution in [3.05, 3.63) is 57.2 Å². The van der Waals surface area contributed by atoms with Gasteiger partial charge in [0.2, 0.25) is 0 Å². The lowest BCUT2D eigenvalue weighted by atomic mass is 10.1. The average Bonchev–Trinajstić information content (AvgIpc) is 2.31. The highest BCUT2D eigenvalue weighted by molar-refractivity contribution is 7.71. The van der Waals surface area contributed by atoms with Crippen LogP contribution < -0.4 is 5.56 Å². The first kappa shape index (κ1) is 11.8. The first-order valence-electron chi connectivity index (χ1n) is 5.62. The van der Waals surface area contributed by atoms with Gasteiger partial charge in [0.25, 0.3) is 5.56 Å². The largest absolute Gasteiger partial charge is 0.299 e. The lowest BCUT2D eigenvalue weighted by Crippen LogP contribution is -2.09. The molecule has 0 aliphatic rings. The van der Waals surface area contributed by atoms with Crippen LogP contribution in [0.3, 0.4) is 0 Å². The van der Waals surface area contributed by atoms with Crippen molar-refractivity contribution in [2.75, 3.05) is 0 Å². The Morgan fingerprint density at radius 3 is 2.53 bits per heavy atom. The van der Waals surface area contributed by atoms with E-state index in [2.05, 4.69) is 24.0 Å². The predicted molar refractivity (Wildman–Crippen MR) is 71.2 cm³/mol. The van der Waals surface area contributed by atoms with E-state index in [1.54, 1.807) is 10.8 Å². The van der Waals surface area contributed by atoms with Crippen LogP contribution in [-0.2, 0) is 6.42 Å². The van der Waals surface area contributed by atoms with Crippen molar-refractivity contribution in [3.63, 3.8) is 0 Å². The third-order valence-corrected chi connectivity index (χ3v) is 2.88. The van der Waals surface area contributed by atoms with Gasteiger partial charge >= 0.3 is 0 Å². The summed E-state index contributed by atoms with van der Waals surface area (Å²) in [6, 6.07) is 9.67. The molecule has 1 aromatic heterocycles. The Balaban J connectivity index is 2.40. The van der Waals surface area contributed by atoms with E-state index in [4.69, 9.17) is 12.2 Å². The number of H-pyrrole nitrogens is 1. The molecule has 0 amide bonds. The lowest BCUT2D eigenvalue weighted by molar-refractivity contribution is 0.911. The number of aromatic nitrogens is 2. The van der Waals surface area contributed by atoms with E-state index in [-0.39, 0.29) is 5.56 Å². The Hall–Kier alpha value is -1.68. The van der Waals surface area contributed by atoms with Gasteiger partial charge in [-0.3, -0.25) is 14.3 Å². The minimum Gasteiger partial charge on any atom is -0.299 e. The van der Waals surface area contributed by atoms with E-state index in [1.807, 2.05) is 12.1 Å². The van der Waals surface area contributed by atoms with Gasteiger partial charge in [-0.1, -0.05) is 25.5 Å². The summed E-state index contributed by atoms with van der Waals surface area (Å²) >= 11 is 5.11. The van der Waals surface area contributed by atoms with E-state index in [0.717, 1.165) is 18.5 Å². The summed E-state index contributed by atoms with van der Waals surface area (Å²) in [6.07, 6.45) is 3.91. The van der Waals surface area contributed by atoms with Crippen molar-refractivity contribution in [3.8, 4) is 5.69 Å². The Morgan fingerprint density at radius 1 is 1.24 bits per heavy atom. The molecule has 0 bridgehead atoms. The zero-order chi connectivity index (χ0) is 12.3. The van der Waals surface area contributed by atoms with Crippen LogP contribution >= 0.6 is 12.2 Å². The Morgan fingerprint density at radius 2 is 1.94 bits per heavy atom. The van der Waals surface area contributed by atoms with Crippen molar-refractivity contribution < 1.29 is 0 Å². The molecule has 0 aliphatic heterocycles. The van der Waals surface area contributed by atoms with Crippen molar-refractivity contribution in [2.45, 2.75) is 19.8 Å². The monoisotopic (exact) mass is 246 g/mol. The van der Waals surface area contributed by atoms with Crippen LogP contribution in [0.5, 0.6) is 0 Å². The Kier molecular flexibility index (Phi) is 3.54. The maximum Gasteiger partial charge on any atom is 0.251 e. The van der Waals surface area contributed by atoms with Gasteiger partial charge in [-0.25, -0.2) is 0 Å². The van der Waals surface area contributed by atoms with Crippen LogP contribution in [0.4, 0.5) is 0 Å². The summed E-state index contributed by atoms with van der Waals surface area (Å²) in [4.78, 5) is 13.7. The second-order valence-electron chi connectivity index (χ2n) is 3.90. The molecule has 1 N–H and O–H groups in total. The molecule has 0 fully saturated rings. The average molecular weight is 246 g/mol. The fourth-order valence-corrected chi connectivity index (χ4v) is 2.00. The molecule has 0 saturated heterocycles. The quantitative estimate of drug-likeness (QED) is 0.846. The summed E-state index contributed by atoms with van der Waals surface area (Å²) in [6.45, 7) is 2.16. The zero-order valence-electron chi connectivity index (χ0n) is 9.64. The summed E-state index contributed by atoms with van der Waals surface area (Å²) in [7, 11) is 0. The van der Waals surface area contributed by atoms with Gasteiger partial charge in [-0.2, -0.15) is 0 Å². The first-order chi connectivity index (χ1) is 8.20. The molecular formula is C13H14N2OS. The third-order valence-electron chi connectivity index (χ3n) is 2.58. The van der Waals surface area contributed by atoms with Gasteiger partial charge < -0.3 is 0 Å². The number of rotatable bonds is 3. The minimum absolute atomic E-state index is 0.172. The topological polar surface area (TPSA) is 37.8 Å². The number of aromatic amines is 1. The summed E-state index contributed by atoms with van der Waals surface area (Å²) in [5.74, 6) is 0.